The van der Waals surface area contributed by atoms with E-state index in [9.17, 15) is 35.9 Å². The van der Waals surface area contributed by atoms with Gasteiger partial charge >= 0.3 is 24.3 Å². The molecule has 0 heterocycles. The third-order valence-corrected chi connectivity index (χ3v) is 2.19. The molecule has 0 amide bonds. The van der Waals surface area contributed by atoms with Gasteiger partial charge in [-0.25, -0.2) is 4.79 Å². The summed E-state index contributed by atoms with van der Waals surface area (Å²) in [6.07, 6.45) is -15.5. The van der Waals surface area contributed by atoms with Gasteiger partial charge in [0.2, 0.25) is 0 Å². The fraction of sp³-hybridized carbons (Fsp3) is 0.800. The Morgan fingerprint density at radius 2 is 1.50 bits per heavy atom. The van der Waals surface area contributed by atoms with Crippen LogP contribution in [0.4, 0.5) is 26.3 Å². The predicted octanol–water partition coefficient (Wildman–Crippen LogP) is 2.61. The quantitative estimate of drug-likeness (QED) is 0.578. The average Bonchev–Trinajstić information content (AvgIpc) is 2.28. The Morgan fingerprint density at radius 1 is 1.05 bits per heavy atom. The Labute approximate surface area is 110 Å². The van der Waals surface area contributed by atoms with Crippen molar-refractivity contribution in [2.24, 2.45) is 5.92 Å². The number of alkyl halides is 6. The number of ether oxygens (including phenoxy) is 2. The van der Waals surface area contributed by atoms with Crippen LogP contribution in [0.25, 0.3) is 0 Å². The van der Waals surface area contributed by atoms with Crippen LogP contribution in [0.15, 0.2) is 0 Å². The molecule has 0 bridgehead atoms. The fourth-order valence-electron chi connectivity index (χ4n) is 0.924. The van der Waals surface area contributed by atoms with Crippen LogP contribution in [-0.2, 0) is 19.1 Å². The van der Waals surface area contributed by atoms with Gasteiger partial charge in [-0.05, 0) is 6.42 Å². The maximum absolute atomic E-state index is 12.1. The highest BCUT2D eigenvalue weighted by Gasteiger charge is 2.59. The van der Waals surface area contributed by atoms with Crippen LogP contribution in [0.5, 0.6) is 0 Å². The first kappa shape index (κ1) is 18.5. The zero-order valence-electron chi connectivity index (χ0n) is 10.5. The summed E-state index contributed by atoms with van der Waals surface area (Å²) in [5.74, 6) is -3.48. The van der Waals surface area contributed by atoms with E-state index in [1.807, 2.05) is 0 Å². The lowest BCUT2D eigenvalue weighted by Crippen LogP contribution is -2.46. The van der Waals surface area contributed by atoms with E-state index in [4.69, 9.17) is 0 Å². The summed E-state index contributed by atoms with van der Waals surface area (Å²) in [6.45, 7) is 1.71. The Morgan fingerprint density at radius 3 is 1.85 bits per heavy atom. The van der Waals surface area contributed by atoms with Gasteiger partial charge in [-0.1, -0.05) is 13.8 Å². The second-order valence-corrected chi connectivity index (χ2v) is 3.87. The first-order valence-electron chi connectivity index (χ1n) is 5.39. The molecule has 0 fully saturated rings. The van der Waals surface area contributed by atoms with E-state index in [1.165, 1.54) is 6.92 Å². The van der Waals surface area contributed by atoms with Crippen LogP contribution < -0.4 is 0 Å². The second-order valence-electron chi connectivity index (χ2n) is 3.87. The van der Waals surface area contributed by atoms with E-state index in [1.54, 1.807) is 6.92 Å². The fourth-order valence-corrected chi connectivity index (χ4v) is 0.924. The van der Waals surface area contributed by atoms with Gasteiger partial charge in [0.05, 0.1) is 5.92 Å². The van der Waals surface area contributed by atoms with Crippen LogP contribution in [-0.4, -0.2) is 37.0 Å². The molecule has 1 unspecified atom stereocenters. The molecule has 0 saturated carbocycles. The van der Waals surface area contributed by atoms with Crippen LogP contribution in [0.2, 0.25) is 0 Å². The summed E-state index contributed by atoms with van der Waals surface area (Å²) < 4.78 is 79.8. The summed E-state index contributed by atoms with van der Waals surface area (Å²) in [4.78, 5) is 21.9. The standard InChI is InChI=1S/C10H12F6O4/c1-3-5(2)7(18)19-4-6(17)20-8(9(11,12)13)10(14,15)16/h5,8H,3-4H2,1-2H3. The minimum atomic E-state index is -5.80. The van der Waals surface area contributed by atoms with Gasteiger partial charge in [-0.2, -0.15) is 26.3 Å². The van der Waals surface area contributed by atoms with Gasteiger partial charge in [-0.3, -0.25) is 4.79 Å². The van der Waals surface area contributed by atoms with Gasteiger partial charge in [0.15, 0.2) is 6.61 Å². The average molecular weight is 310 g/mol. The van der Waals surface area contributed by atoms with E-state index in [2.05, 4.69) is 9.47 Å². The molecule has 4 nitrogen and oxygen atoms in total. The maximum atomic E-state index is 12.1. The van der Waals surface area contributed by atoms with Gasteiger partial charge in [0.25, 0.3) is 6.10 Å². The molecule has 0 aromatic rings. The first-order valence-corrected chi connectivity index (χ1v) is 5.39. The van der Waals surface area contributed by atoms with E-state index >= 15 is 0 Å². The number of hydrogen-bond donors (Lipinski definition) is 0. The molecule has 0 aliphatic carbocycles. The second kappa shape index (κ2) is 6.80. The molecule has 0 N–H and O–H groups in total. The lowest BCUT2D eigenvalue weighted by molar-refractivity contribution is -0.313. The SMILES string of the molecule is CCC(C)C(=O)OCC(=O)OC(C(F)(F)F)C(F)(F)F. The van der Waals surface area contributed by atoms with Crippen molar-refractivity contribution >= 4 is 11.9 Å². The monoisotopic (exact) mass is 310 g/mol. The molecule has 0 aliphatic rings. The maximum Gasteiger partial charge on any atom is 0.434 e. The number of hydrogen-bond acceptors (Lipinski definition) is 4. The smallest absolute Gasteiger partial charge is 0.434 e. The number of carbonyl (C=O) groups is 2. The van der Waals surface area contributed by atoms with Crippen molar-refractivity contribution in [3.8, 4) is 0 Å². The molecule has 0 aliphatic heterocycles. The van der Waals surface area contributed by atoms with Crippen molar-refractivity contribution < 1.29 is 45.4 Å². The molecule has 0 aromatic heterocycles. The summed E-state index contributed by atoms with van der Waals surface area (Å²) in [7, 11) is 0. The minimum absolute atomic E-state index is 0.335. The minimum Gasteiger partial charge on any atom is -0.453 e. The molecular weight excluding hydrogens is 298 g/mol. The van der Waals surface area contributed by atoms with Crippen molar-refractivity contribution in [2.75, 3.05) is 6.61 Å². The van der Waals surface area contributed by atoms with Crippen molar-refractivity contribution in [3.63, 3.8) is 0 Å². The third-order valence-electron chi connectivity index (χ3n) is 2.19. The molecule has 0 aromatic carbocycles. The van der Waals surface area contributed by atoms with Crippen molar-refractivity contribution in [1.29, 1.82) is 0 Å². The highest BCUT2D eigenvalue weighted by molar-refractivity contribution is 5.77. The van der Waals surface area contributed by atoms with Crippen LogP contribution in [0, 0.1) is 5.92 Å². The van der Waals surface area contributed by atoms with E-state index in [-0.39, 0.29) is 0 Å². The zero-order valence-corrected chi connectivity index (χ0v) is 10.5. The Balaban J connectivity index is 4.54. The predicted molar refractivity (Wildman–Crippen MR) is 52.4 cm³/mol. The summed E-state index contributed by atoms with van der Waals surface area (Å²) >= 11 is 0. The topological polar surface area (TPSA) is 52.6 Å². The molecule has 0 rings (SSSR count). The molecule has 118 valence electrons. The summed E-state index contributed by atoms with van der Waals surface area (Å²) in [5.41, 5.74) is 0. The van der Waals surface area contributed by atoms with Gasteiger partial charge in [0.1, 0.15) is 0 Å². The van der Waals surface area contributed by atoms with Gasteiger partial charge in [0, 0.05) is 0 Å². The number of carbonyl (C=O) groups excluding carboxylic acids is 2. The molecule has 0 radical (unpaired) electrons. The van der Waals surface area contributed by atoms with Gasteiger partial charge < -0.3 is 9.47 Å². The number of rotatable bonds is 5. The van der Waals surface area contributed by atoms with E-state index in [0.29, 0.717) is 6.42 Å². The van der Waals surface area contributed by atoms with Crippen LogP contribution >= 0.6 is 0 Å². The largest absolute Gasteiger partial charge is 0.453 e. The van der Waals surface area contributed by atoms with Crippen LogP contribution in [0.3, 0.4) is 0 Å². The molecule has 10 heteroatoms. The van der Waals surface area contributed by atoms with Gasteiger partial charge in [-0.15, -0.1) is 0 Å². The van der Waals surface area contributed by atoms with E-state index < -0.39 is 42.9 Å². The first-order chi connectivity index (χ1) is 8.89. The molecule has 20 heavy (non-hydrogen) atoms. The lowest BCUT2D eigenvalue weighted by atomic mass is 10.1. The lowest BCUT2D eigenvalue weighted by Gasteiger charge is -2.22. The summed E-state index contributed by atoms with van der Waals surface area (Å²) in [5, 5.41) is 0. The Bertz CT molecular complexity index is 335. The summed E-state index contributed by atoms with van der Waals surface area (Å²) in [6, 6.07) is 0. The molecule has 0 spiro atoms. The molecule has 1 atom stereocenters. The zero-order chi connectivity index (χ0) is 16.1. The van der Waals surface area contributed by atoms with Crippen LogP contribution in [0.1, 0.15) is 20.3 Å². The highest BCUT2D eigenvalue weighted by atomic mass is 19.4. The van der Waals surface area contributed by atoms with Crippen molar-refractivity contribution in [2.45, 2.75) is 38.7 Å². The number of halogens is 6. The van der Waals surface area contributed by atoms with Crippen molar-refractivity contribution in [1.82, 2.24) is 0 Å². The number of esters is 2. The van der Waals surface area contributed by atoms with Crippen molar-refractivity contribution in [3.05, 3.63) is 0 Å². The molecule has 0 saturated heterocycles. The third kappa shape index (κ3) is 6.11. The highest BCUT2D eigenvalue weighted by Crippen LogP contribution is 2.35. The Kier molecular flexibility index (Phi) is 6.30. The Hall–Kier alpha value is -1.48. The van der Waals surface area contributed by atoms with E-state index in [0.717, 1.165) is 0 Å². The molecular formula is C10H12F6O4. The normalized spacial score (nSPS) is 14.1.